The fourth-order valence-electron chi connectivity index (χ4n) is 4.86. The van der Waals surface area contributed by atoms with Crippen LogP contribution in [0.15, 0.2) is 84.9 Å². The second-order valence-corrected chi connectivity index (χ2v) is 12.3. The van der Waals surface area contributed by atoms with Crippen LogP contribution in [0.5, 0.6) is 5.75 Å². The molecule has 3 aliphatic rings. The van der Waals surface area contributed by atoms with E-state index in [1.165, 1.54) is 23.5 Å². The molecular weight excluding hydrogens is 504 g/mol. The zero-order chi connectivity index (χ0) is 26.0. The third-order valence-electron chi connectivity index (χ3n) is 7.05. The zero-order valence-corrected chi connectivity index (χ0v) is 22.8. The normalized spacial score (nSPS) is 25.3. The number of amides is 2. The Labute approximate surface area is 226 Å². The molecule has 3 atom stereocenters. The molecule has 0 radical (unpaired) electrons. The molecule has 0 aromatic heterocycles. The van der Waals surface area contributed by atoms with Crippen LogP contribution in [0.1, 0.15) is 21.3 Å². The Morgan fingerprint density at radius 1 is 0.757 bits per heavy atom. The maximum atomic E-state index is 14.2. The summed E-state index contributed by atoms with van der Waals surface area (Å²) in [6, 6.07) is 27.6. The summed E-state index contributed by atoms with van der Waals surface area (Å²) in [5.74, 6) is 0.555. The van der Waals surface area contributed by atoms with Crippen molar-refractivity contribution in [2.75, 3.05) is 27.8 Å². The van der Waals surface area contributed by atoms with Gasteiger partial charge in [-0.05, 0) is 28.8 Å². The summed E-state index contributed by atoms with van der Waals surface area (Å²) in [6.07, 6.45) is 0.415. The number of ether oxygens (including phenoxy) is 2. The summed E-state index contributed by atoms with van der Waals surface area (Å²) < 4.78 is 11.3. The number of thioether (sulfide) groups is 2. The molecule has 0 saturated carbocycles. The lowest BCUT2D eigenvalue weighted by Gasteiger charge is -2.51. The summed E-state index contributed by atoms with van der Waals surface area (Å²) in [4.78, 5) is 29.5. The molecule has 3 fully saturated rings. The van der Waals surface area contributed by atoms with Crippen LogP contribution in [0.25, 0.3) is 0 Å². The number of carbonyl (C=O) groups excluding carboxylic acids is 2. The summed E-state index contributed by atoms with van der Waals surface area (Å²) in [5.41, 5.74) is 3.04. The average molecular weight is 535 g/mol. The van der Waals surface area contributed by atoms with E-state index in [2.05, 4.69) is 0 Å². The highest BCUT2D eigenvalue weighted by Gasteiger charge is 2.66. The molecular formula is C29H30N2O4S2. The summed E-state index contributed by atoms with van der Waals surface area (Å²) in [6.45, 7) is 0.449. The highest BCUT2D eigenvalue weighted by Crippen LogP contribution is 2.61. The van der Waals surface area contributed by atoms with Gasteiger partial charge in [-0.1, -0.05) is 72.8 Å². The van der Waals surface area contributed by atoms with Crippen LogP contribution in [-0.4, -0.2) is 59.2 Å². The molecule has 2 bridgehead atoms. The molecule has 3 heterocycles. The summed E-state index contributed by atoms with van der Waals surface area (Å²) in [5, 5.41) is 0. The van der Waals surface area contributed by atoms with Crippen molar-refractivity contribution in [3.05, 3.63) is 102 Å². The molecule has 3 aromatic carbocycles. The van der Waals surface area contributed by atoms with Crippen LogP contribution >= 0.6 is 23.5 Å². The topological polar surface area (TPSA) is 59.1 Å². The van der Waals surface area contributed by atoms with Crippen LogP contribution in [0, 0.1) is 0 Å². The maximum absolute atomic E-state index is 14.2. The van der Waals surface area contributed by atoms with Gasteiger partial charge in [-0.3, -0.25) is 9.59 Å². The first-order valence-corrected chi connectivity index (χ1v) is 13.9. The van der Waals surface area contributed by atoms with Gasteiger partial charge in [-0.15, -0.1) is 23.5 Å². The standard InChI is InChI=1S/C29H30N2O4S2/c1-30-27(33)29(20-35-19-22-12-8-5-9-13-22)31(2)26(32)28(30,18-21-10-6-4-7-11-21)36-25(37-29)23-14-16-24(34-3)17-15-23/h4-17,25H,18-20H2,1-3H3/t25?,28-,29-/m0/s1. The van der Waals surface area contributed by atoms with E-state index < -0.39 is 9.74 Å². The van der Waals surface area contributed by atoms with Gasteiger partial charge in [0, 0.05) is 20.5 Å². The molecule has 2 amide bonds. The molecule has 0 aliphatic carbocycles. The number of rotatable bonds is 8. The van der Waals surface area contributed by atoms with Crippen LogP contribution in [-0.2, 0) is 27.4 Å². The van der Waals surface area contributed by atoms with E-state index in [1.54, 1.807) is 31.0 Å². The van der Waals surface area contributed by atoms with Gasteiger partial charge in [-0.25, -0.2) is 0 Å². The minimum atomic E-state index is -1.19. The zero-order valence-electron chi connectivity index (χ0n) is 21.1. The molecule has 0 spiro atoms. The lowest BCUT2D eigenvalue weighted by Crippen LogP contribution is -2.73. The van der Waals surface area contributed by atoms with Gasteiger partial charge in [0.2, 0.25) is 0 Å². The predicted octanol–water partition coefficient (Wildman–Crippen LogP) is 4.96. The average Bonchev–Trinajstić information content (AvgIpc) is 3.09. The number of nitrogens with zero attached hydrogens (tertiary/aromatic N) is 2. The third kappa shape index (κ3) is 4.62. The van der Waals surface area contributed by atoms with Crippen LogP contribution in [0.3, 0.4) is 0 Å². The van der Waals surface area contributed by atoms with Gasteiger partial charge in [0.05, 0.1) is 24.9 Å². The van der Waals surface area contributed by atoms with Crippen molar-refractivity contribution < 1.29 is 19.1 Å². The number of hydrogen-bond donors (Lipinski definition) is 0. The SMILES string of the molecule is COc1ccc(C2S[C@@]3(COCc4ccccc4)C(=O)N(C)[C@@](Cc4ccccc4)(S2)C(=O)N3C)cc1. The minimum absolute atomic E-state index is 0.0877. The second-order valence-electron chi connectivity index (χ2n) is 9.28. The van der Waals surface area contributed by atoms with Gasteiger partial charge < -0.3 is 19.3 Å². The van der Waals surface area contributed by atoms with Crippen molar-refractivity contribution in [3.63, 3.8) is 0 Å². The largest absolute Gasteiger partial charge is 0.497 e. The Balaban J connectivity index is 1.54. The molecule has 3 aliphatic heterocycles. The Morgan fingerprint density at radius 2 is 1.30 bits per heavy atom. The van der Waals surface area contributed by atoms with Gasteiger partial charge in [-0.2, -0.15) is 0 Å². The highest BCUT2D eigenvalue weighted by atomic mass is 32.2. The molecule has 192 valence electrons. The fourth-order valence-corrected chi connectivity index (χ4v) is 8.66. The Hall–Kier alpha value is -2.94. The van der Waals surface area contributed by atoms with Crippen molar-refractivity contribution in [1.82, 2.24) is 9.80 Å². The minimum Gasteiger partial charge on any atom is -0.497 e. The van der Waals surface area contributed by atoms with E-state index >= 15 is 0 Å². The van der Waals surface area contributed by atoms with Crippen molar-refractivity contribution in [1.29, 1.82) is 0 Å². The molecule has 3 aromatic rings. The van der Waals surface area contributed by atoms with E-state index in [0.717, 1.165) is 22.4 Å². The monoisotopic (exact) mass is 534 g/mol. The molecule has 6 nitrogen and oxygen atoms in total. The number of fused-ring (bicyclic) bond motifs is 4. The first-order chi connectivity index (χ1) is 17.9. The summed E-state index contributed by atoms with van der Waals surface area (Å²) in [7, 11) is 5.13. The molecule has 0 N–H and O–H groups in total. The van der Waals surface area contributed by atoms with E-state index in [4.69, 9.17) is 9.47 Å². The van der Waals surface area contributed by atoms with Crippen molar-refractivity contribution in [2.24, 2.45) is 0 Å². The van der Waals surface area contributed by atoms with Crippen molar-refractivity contribution in [2.45, 2.75) is 27.4 Å². The molecule has 1 unspecified atom stereocenters. The van der Waals surface area contributed by atoms with E-state index in [-0.39, 0.29) is 23.0 Å². The molecule has 6 rings (SSSR count). The maximum Gasteiger partial charge on any atom is 0.262 e. The Morgan fingerprint density at radius 3 is 1.92 bits per heavy atom. The highest BCUT2D eigenvalue weighted by molar-refractivity contribution is 8.18. The van der Waals surface area contributed by atoms with Crippen LogP contribution < -0.4 is 4.74 Å². The quantitative estimate of drug-likeness (QED) is 0.407. The van der Waals surface area contributed by atoms with Gasteiger partial charge >= 0.3 is 0 Å². The van der Waals surface area contributed by atoms with Crippen LogP contribution in [0.2, 0.25) is 0 Å². The fraction of sp³-hybridized carbons (Fsp3) is 0.310. The number of piperazine rings is 1. The summed E-state index contributed by atoms with van der Waals surface area (Å²) >= 11 is 3.02. The van der Waals surface area contributed by atoms with Gasteiger partial charge in [0.15, 0.2) is 9.74 Å². The number of likely N-dealkylation sites (N-methyl/N-ethyl adjacent to an activating group) is 2. The lowest BCUT2D eigenvalue weighted by molar-refractivity contribution is -0.166. The molecule has 37 heavy (non-hydrogen) atoms. The lowest BCUT2D eigenvalue weighted by atomic mass is 9.98. The van der Waals surface area contributed by atoms with E-state index in [1.807, 2.05) is 84.9 Å². The number of benzene rings is 3. The smallest absolute Gasteiger partial charge is 0.262 e. The van der Waals surface area contributed by atoms with Gasteiger partial charge in [0.25, 0.3) is 11.8 Å². The van der Waals surface area contributed by atoms with Crippen molar-refractivity contribution in [3.8, 4) is 5.75 Å². The second kappa shape index (κ2) is 10.4. The molecule has 3 saturated heterocycles. The van der Waals surface area contributed by atoms with Gasteiger partial charge in [0.1, 0.15) is 5.75 Å². The molecule has 8 heteroatoms. The predicted molar refractivity (Wildman–Crippen MR) is 148 cm³/mol. The first kappa shape index (κ1) is 25.7. The first-order valence-electron chi connectivity index (χ1n) is 12.1. The number of hydrogen-bond acceptors (Lipinski definition) is 6. The van der Waals surface area contributed by atoms with E-state index in [9.17, 15) is 9.59 Å². The number of methoxy groups -OCH3 is 1. The van der Waals surface area contributed by atoms with Crippen molar-refractivity contribution >= 4 is 35.3 Å². The third-order valence-corrected chi connectivity index (χ3v) is 10.5. The number of carbonyl (C=O) groups is 2. The Kier molecular flexibility index (Phi) is 7.25. The van der Waals surface area contributed by atoms with Crippen LogP contribution in [0.4, 0.5) is 0 Å². The Bertz CT molecular complexity index is 1260. The van der Waals surface area contributed by atoms with E-state index in [0.29, 0.717) is 13.0 Å².